The number of H-pyrrole nitrogens is 1. The number of fused-ring (bicyclic) bond motifs is 1. The molecule has 1 saturated carbocycles. The minimum absolute atomic E-state index is 0.547. The maximum Gasteiger partial charge on any atom is 0.189 e. The highest BCUT2D eigenvalue weighted by molar-refractivity contribution is 5.88. The molecule has 0 radical (unpaired) electrons. The number of aromatic nitrogens is 1. The van der Waals surface area contributed by atoms with Crippen molar-refractivity contribution >= 4 is 16.9 Å². The van der Waals surface area contributed by atoms with Crippen LogP contribution in [0.1, 0.15) is 35.2 Å². The van der Waals surface area contributed by atoms with E-state index in [9.17, 15) is 0 Å². The monoisotopic (exact) mass is 270 g/mol. The van der Waals surface area contributed by atoms with Crippen LogP contribution < -0.4 is 11.1 Å². The summed E-state index contributed by atoms with van der Waals surface area (Å²) < 4.78 is 0. The third-order valence-electron chi connectivity index (χ3n) is 3.99. The van der Waals surface area contributed by atoms with Crippen LogP contribution in [0.25, 0.3) is 10.9 Å². The predicted octanol–water partition coefficient (Wildman–Crippen LogP) is 2.66. The zero-order chi connectivity index (χ0) is 14.3. The first kappa shape index (κ1) is 13.0. The largest absolute Gasteiger partial charge is 0.370 e. The van der Waals surface area contributed by atoms with Crippen LogP contribution >= 0.6 is 0 Å². The van der Waals surface area contributed by atoms with E-state index in [0.29, 0.717) is 18.5 Å². The molecule has 3 rings (SSSR count). The summed E-state index contributed by atoms with van der Waals surface area (Å²) in [5.74, 6) is 0.558. The molecule has 0 unspecified atom stereocenters. The van der Waals surface area contributed by atoms with E-state index in [1.165, 1.54) is 46.1 Å². The van der Waals surface area contributed by atoms with Gasteiger partial charge in [-0.05, 0) is 50.8 Å². The Morgan fingerprint density at radius 3 is 2.80 bits per heavy atom. The number of hydrogen-bond acceptors (Lipinski definition) is 1. The van der Waals surface area contributed by atoms with E-state index in [-0.39, 0.29) is 0 Å². The van der Waals surface area contributed by atoms with Crippen molar-refractivity contribution in [2.75, 3.05) is 0 Å². The molecule has 0 bridgehead atoms. The van der Waals surface area contributed by atoms with Gasteiger partial charge in [-0.15, -0.1) is 0 Å². The molecule has 0 amide bonds. The molecule has 106 valence electrons. The Balaban J connectivity index is 1.91. The van der Waals surface area contributed by atoms with Crippen LogP contribution in [0, 0.1) is 20.8 Å². The number of aromatic amines is 1. The van der Waals surface area contributed by atoms with Gasteiger partial charge in [0.25, 0.3) is 0 Å². The van der Waals surface area contributed by atoms with Gasteiger partial charge in [-0.3, -0.25) is 0 Å². The van der Waals surface area contributed by atoms with Gasteiger partial charge < -0.3 is 16.0 Å². The fourth-order valence-electron chi connectivity index (χ4n) is 2.57. The van der Waals surface area contributed by atoms with Crippen molar-refractivity contribution in [2.24, 2.45) is 10.7 Å². The second-order valence-corrected chi connectivity index (χ2v) is 5.84. The van der Waals surface area contributed by atoms with E-state index in [1.54, 1.807) is 0 Å². The zero-order valence-corrected chi connectivity index (χ0v) is 12.4. The molecule has 4 nitrogen and oxygen atoms in total. The van der Waals surface area contributed by atoms with Crippen LogP contribution in [0.3, 0.4) is 0 Å². The topological polar surface area (TPSA) is 66.2 Å². The molecule has 0 aliphatic heterocycles. The number of nitrogens with zero attached hydrogens (tertiary/aromatic N) is 1. The summed E-state index contributed by atoms with van der Waals surface area (Å²) in [5, 5.41) is 4.51. The van der Waals surface area contributed by atoms with Gasteiger partial charge in [0.2, 0.25) is 0 Å². The van der Waals surface area contributed by atoms with Crippen molar-refractivity contribution in [2.45, 2.75) is 46.2 Å². The lowest BCUT2D eigenvalue weighted by atomic mass is 10.0. The first-order valence-electron chi connectivity index (χ1n) is 7.19. The standard InChI is InChI=1S/C16H22N4/c1-9-6-12(8-18-16(17)20-13-4-5-13)15-14(7-9)10(2)11(3)19-15/h6-7,13,19H,4-5,8H2,1-3H3,(H3,17,18,20). The Bertz CT molecular complexity index is 677. The Labute approximate surface area is 119 Å². The van der Waals surface area contributed by atoms with Crippen LogP contribution in [0.4, 0.5) is 0 Å². The van der Waals surface area contributed by atoms with Gasteiger partial charge in [-0.2, -0.15) is 0 Å². The summed E-state index contributed by atoms with van der Waals surface area (Å²) in [5.41, 5.74) is 12.1. The van der Waals surface area contributed by atoms with Crippen molar-refractivity contribution in [1.82, 2.24) is 10.3 Å². The summed E-state index contributed by atoms with van der Waals surface area (Å²) >= 11 is 0. The lowest BCUT2D eigenvalue weighted by molar-refractivity contribution is 0.879. The molecule has 1 heterocycles. The highest BCUT2D eigenvalue weighted by atomic mass is 15.1. The summed E-state index contributed by atoms with van der Waals surface area (Å²) in [6.07, 6.45) is 2.42. The molecule has 20 heavy (non-hydrogen) atoms. The maximum absolute atomic E-state index is 5.91. The van der Waals surface area contributed by atoms with E-state index in [0.717, 1.165) is 0 Å². The fraction of sp³-hybridized carbons (Fsp3) is 0.438. The third kappa shape index (κ3) is 2.50. The molecular weight excluding hydrogens is 248 g/mol. The zero-order valence-electron chi connectivity index (χ0n) is 12.4. The lowest BCUT2D eigenvalue weighted by Gasteiger charge is -2.06. The normalized spacial score (nSPS) is 15.8. The van der Waals surface area contributed by atoms with E-state index in [4.69, 9.17) is 5.73 Å². The number of hydrogen-bond donors (Lipinski definition) is 3. The van der Waals surface area contributed by atoms with Gasteiger partial charge in [0.05, 0.1) is 12.1 Å². The summed E-state index contributed by atoms with van der Waals surface area (Å²) in [4.78, 5) is 7.94. The van der Waals surface area contributed by atoms with Gasteiger partial charge >= 0.3 is 0 Å². The number of benzene rings is 1. The Hall–Kier alpha value is -1.97. The van der Waals surface area contributed by atoms with Gasteiger partial charge in [-0.1, -0.05) is 11.6 Å². The number of aryl methyl sites for hydroxylation is 3. The summed E-state index contributed by atoms with van der Waals surface area (Å²) in [6.45, 7) is 7.01. The van der Waals surface area contributed by atoms with E-state index in [2.05, 4.69) is 48.2 Å². The molecule has 0 spiro atoms. The number of nitrogens with one attached hydrogen (secondary N) is 2. The Morgan fingerprint density at radius 1 is 1.35 bits per heavy atom. The van der Waals surface area contributed by atoms with Crippen molar-refractivity contribution in [3.8, 4) is 0 Å². The average molecular weight is 270 g/mol. The van der Waals surface area contributed by atoms with E-state index in [1.807, 2.05) is 0 Å². The molecule has 0 atom stereocenters. The number of aliphatic imine (C=N–C) groups is 1. The first-order valence-corrected chi connectivity index (χ1v) is 7.19. The molecule has 0 saturated heterocycles. The molecule has 1 aliphatic carbocycles. The molecule has 1 aromatic carbocycles. The third-order valence-corrected chi connectivity index (χ3v) is 3.99. The quantitative estimate of drug-likeness (QED) is 0.593. The number of rotatable bonds is 3. The number of nitrogens with two attached hydrogens (primary N) is 1. The van der Waals surface area contributed by atoms with Crippen molar-refractivity contribution in [3.05, 3.63) is 34.5 Å². The molecule has 1 fully saturated rings. The SMILES string of the molecule is Cc1cc(CN=C(N)NC2CC2)c2[nH]c(C)c(C)c2c1. The molecule has 4 N–H and O–H groups in total. The van der Waals surface area contributed by atoms with Crippen LogP contribution in [0.2, 0.25) is 0 Å². The minimum atomic E-state index is 0.547. The minimum Gasteiger partial charge on any atom is -0.370 e. The number of guanidine groups is 1. The molecule has 2 aromatic rings. The van der Waals surface area contributed by atoms with Crippen molar-refractivity contribution in [1.29, 1.82) is 0 Å². The van der Waals surface area contributed by atoms with E-state index < -0.39 is 0 Å². The van der Waals surface area contributed by atoms with Crippen LogP contribution in [-0.4, -0.2) is 17.0 Å². The van der Waals surface area contributed by atoms with Crippen molar-refractivity contribution in [3.63, 3.8) is 0 Å². The van der Waals surface area contributed by atoms with Gasteiger partial charge in [0.15, 0.2) is 5.96 Å². The summed E-state index contributed by atoms with van der Waals surface area (Å²) in [6, 6.07) is 4.96. The molecule has 1 aromatic heterocycles. The van der Waals surface area contributed by atoms with Gasteiger partial charge in [-0.25, -0.2) is 4.99 Å². The van der Waals surface area contributed by atoms with Crippen LogP contribution in [0.15, 0.2) is 17.1 Å². The molecule has 4 heteroatoms. The van der Waals surface area contributed by atoms with Gasteiger partial charge in [0.1, 0.15) is 0 Å². The van der Waals surface area contributed by atoms with Crippen LogP contribution in [-0.2, 0) is 6.54 Å². The van der Waals surface area contributed by atoms with Crippen molar-refractivity contribution < 1.29 is 0 Å². The maximum atomic E-state index is 5.91. The first-order chi connectivity index (χ1) is 9.54. The summed E-state index contributed by atoms with van der Waals surface area (Å²) in [7, 11) is 0. The molecule has 1 aliphatic rings. The predicted molar refractivity (Wildman–Crippen MR) is 84.0 cm³/mol. The van der Waals surface area contributed by atoms with E-state index >= 15 is 0 Å². The van der Waals surface area contributed by atoms with Crippen LogP contribution in [0.5, 0.6) is 0 Å². The lowest BCUT2D eigenvalue weighted by Crippen LogP contribution is -2.33. The average Bonchev–Trinajstić information content (AvgIpc) is 3.16. The smallest absolute Gasteiger partial charge is 0.189 e. The Kier molecular flexibility index (Phi) is 3.16. The highest BCUT2D eigenvalue weighted by Gasteiger charge is 2.21. The highest BCUT2D eigenvalue weighted by Crippen LogP contribution is 2.26. The fourth-order valence-corrected chi connectivity index (χ4v) is 2.57. The molecular formula is C16H22N4. The van der Waals surface area contributed by atoms with Gasteiger partial charge in [0, 0.05) is 17.1 Å². The second-order valence-electron chi connectivity index (χ2n) is 5.84. The second kappa shape index (κ2) is 4.85. The Morgan fingerprint density at radius 2 is 2.10 bits per heavy atom.